The average Bonchev–Trinajstić information content (AvgIpc) is 2.75. The molecule has 2 rings (SSSR count). The molecule has 0 radical (unpaired) electrons. The second-order valence-electron chi connectivity index (χ2n) is 4.64. The van der Waals surface area contributed by atoms with Crippen molar-refractivity contribution < 1.29 is 19.5 Å². The lowest BCUT2D eigenvalue weighted by molar-refractivity contribution is -0.127. The van der Waals surface area contributed by atoms with Gasteiger partial charge in [-0.2, -0.15) is 0 Å². The van der Waals surface area contributed by atoms with Crippen molar-refractivity contribution in [1.82, 2.24) is 4.90 Å². The van der Waals surface area contributed by atoms with E-state index in [0.717, 1.165) is 0 Å². The fourth-order valence-electron chi connectivity index (χ4n) is 1.98. The van der Waals surface area contributed by atoms with Crippen molar-refractivity contribution in [2.75, 3.05) is 19.4 Å². The maximum Gasteiger partial charge on any atom is 0.335 e. The van der Waals surface area contributed by atoms with Crippen LogP contribution in [0.25, 0.3) is 0 Å². The highest BCUT2D eigenvalue weighted by Gasteiger charge is 2.36. The monoisotopic (exact) mass is 321 g/mol. The zero-order chi connectivity index (χ0) is 16.3. The first-order chi connectivity index (χ1) is 10.4. The highest BCUT2D eigenvalue weighted by molar-refractivity contribution is 8.15. The van der Waals surface area contributed by atoms with Gasteiger partial charge in [0.15, 0.2) is 5.17 Å². The van der Waals surface area contributed by atoms with E-state index in [0.29, 0.717) is 10.9 Å². The Morgan fingerprint density at radius 2 is 2.00 bits per heavy atom. The predicted octanol–water partition coefficient (Wildman–Crippen LogP) is 1.27. The first kappa shape index (κ1) is 16.0. The fraction of sp³-hybridized carbons (Fsp3) is 0.286. The smallest absolute Gasteiger partial charge is 0.335 e. The largest absolute Gasteiger partial charge is 0.478 e. The van der Waals surface area contributed by atoms with Crippen LogP contribution < -0.4 is 5.32 Å². The van der Waals surface area contributed by atoms with Crippen molar-refractivity contribution in [3.8, 4) is 0 Å². The Morgan fingerprint density at radius 1 is 1.36 bits per heavy atom. The molecule has 1 aliphatic rings. The van der Waals surface area contributed by atoms with E-state index < -0.39 is 11.2 Å². The van der Waals surface area contributed by atoms with Gasteiger partial charge >= 0.3 is 5.97 Å². The number of benzene rings is 1. The minimum atomic E-state index is -1.03. The van der Waals surface area contributed by atoms with Gasteiger partial charge in [0, 0.05) is 26.2 Å². The van der Waals surface area contributed by atoms with Crippen LogP contribution in [-0.4, -0.2) is 52.3 Å². The lowest BCUT2D eigenvalue weighted by Gasteiger charge is -2.09. The molecule has 1 heterocycles. The first-order valence-electron chi connectivity index (χ1n) is 6.46. The van der Waals surface area contributed by atoms with Gasteiger partial charge in [-0.15, -0.1) is 0 Å². The normalized spacial score (nSPS) is 19.5. The summed E-state index contributed by atoms with van der Waals surface area (Å²) in [5.41, 5.74) is 0.633. The average molecular weight is 321 g/mol. The number of thioether (sulfide) groups is 1. The van der Waals surface area contributed by atoms with Gasteiger partial charge in [0.1, 0.15) is 5.25 Å². The molecular formula is C14H15N3O4S. The van der Waals surface area contributed by atoms with Crippen LogP contribution in [0.5, 0.6) is 0 Å². The highest BCUT2D eigenvalue weighted by atomic mass is 32.2. The van der Waals surface area contributed by atoms with Crippen LogP contribution in [0.3, 0.4) is 0 Å². The van der Waals surface area contributed by atoms with Crippen molar-refractivity contribution in [3.63, 3.8) is 0 Å². The highest BCUT2D eigenvalue weighted by Crippen LogP contribution is 2.28. The van der Waals surface area contributed by atoms with E-state index in [4.69, 9.17) is 5.11 Å². The number of anilines is 1. The van der Waals surface area contributed by atoms with Crippen LogP contribution in [-0.2, 0) is 9.59 Å². The number of nitrogens with zero attached hydrogens (tertiary/aromatic N) is 2. The molecule has 1 aromatic rings. The quantitative estimate of drug-likeness (QED) is 0.870. The number of hydrogen-bond donors (Lipinski definition) is 2. The van der Waals surface area contributed by atoms with E-state index >= 15 is 0 Å². The van der Waals surface area contributed by atoms with Crippen LogP contribution in [0.2, 0.25) is 0 Å². The number of amidine groups is 1. The molecule has 0 aromatic heterocycles. The second-order valence-corrected chi connectivity index (χ2v) is 5.81. The summed E-state index contributed by atoms with van der Waals surface area (Å²) < 4.78 is 0. The lowest BCUT2D eigenvalue weighted by atomic mass is 10.2. The summed E-state index contributed by atoms with van der Waals surface area (Å²) in [4.78, 5) is 40.1. The third-order valence-corrected chi connectivity index (χ3v) is 4.44. The Hall–Kier alpha value is -2.35. The number of carboxylic acids is 1. The van der Waals surface area contributed by atoms with Crippen molar-refractivity contribution >= 4 is 40.4 Å². The first-order valence-corrected chi connectivity index (χ1v) is 7.34. The molecule has 1 atom stereocenters. The molecule has 1 unspecified atom stereocenters. The van der Waals surface area contributed by atoms with Gasteiger partial charge in [0.05, 0.1) is 5.56 Å². The van der Waals surface area contributed by atoms with Gasteiger partial charge in [-0.3, -0.25) is 19.5 Å². The van der Waals surface area contributed by atoms with Crippen molar-refractivity contribution in [3.05, 3.63) is 29.8 Å². The standard InChI is InChI=1S/C14H15N3O4S/c1-15-14-17(2)12(19)10(22-14)7-11(18)16-9-5-3-8(4-6-9)13(20)21/h3-6,10H,7H2,1-2H3,(H,16,18)(H,20,21). The molecule has 2 N–H and O–H groups in total. The van der Waals surface area contributed by atoms with Gasteiger partial charge in [0.25, 0.3) is 0 Å². The summed E-state index contributed by atoms with van der Waals surface area (Å²) in [6.07, 6.45) is 0.0353. The molecule has 0 aliphatic carbocycles. The number of amides is 2. The summed E-state index contributed by atoms with van der Waals surface area (Å²) in [6, 6.07) is 5.83. The maximum absolute atomic E-state index is 12.0. The number of rotatable bonds is 4. The van der Waals surface area contributed by atoms with E-state index in [1.165, 1.54) is 40.9 Å². The van der Waals surface area contributed by atoms with E-state index in [1.54, 1.807) is 14.1 Å². The molecular weight excluding hydrogens is 306 g/mol. The number of nitrogens with one attached hydrogen (secondary N) is 1. The number of hydrogen-bond acceptors (Lipinski definition) is 5. The van der Waals surface area contributed by atoms with Crippen LogP contribution in [0.4, 0.5) is 5.69 Å². The Balaban J connectivity index is 1.96. The summed E-state index contributed by atoms with van der Waals surface area (Å²) in [7, 11) is 3.22. The third kappa shape index (κ3) is 3.45. The van der Waals surface area contributed by atoms with Crippen LogP contribution in [0.1, 0.15) is 16.8 Å². The number of carboxylic acid groups (broad SMARTS) is 1. The maximum atomic E-state index is 12.0. The van der Waals surface area contributed by atoms with Crippen LogP contribution in [0, 0.1) is 0 Å². The van der Waals surface area contributed by atoms with Crippen molar-refractivity contribution in [2.45, 2.75) is 11.7 Å². The van der Waals surface area contributed by atoms with Gasteiger partial charge in [-0.05, 0) is 24.3 Å². The van der Waals surface area contributed by atoms with Crippen molar-refractivity contribution in [2.24, 2.45) is 4.99 Å². The number of carbonyl (C=O) groups is 3. The minimum Gasteiger partial charge on any atom is -0.478 e. The van der Waals surface area contributed by atoms with E-state index in [9.17, 15) is 14.4 Å². The fourth-order valence-corrected chi connectivity index (χ4v) is 3.08. The molecule has 1 saturated heterocycles. The van der Waals surface area contributed by atoms with E-state index in [2.05, 4.69) is 10.3 Å². The molecule has 22 heavy (non-hydrogen) atoms. The van der Waals surface area contributed by atoms with Gasteiger partial charge < -0.3 is 10.4 Å². The number of aromatic carboxylic acids is 1. The van der Waals surface area contributed by atoms with Gasteiger partial charge in [-0.1, -0.05) is 11.8 Å². The zero-order valence-corrected chi connectivity index (χ0v) is 12.9. The number of carbonyl (C=O) groups excluding carboxylic acids is 2. The molecule has 7 nitrogen and oxygen atoms in total. The Labute approximate surface area is 131 Å². The third-order valence-electron chi connectivity index (χ3n) is 3.12. The van der Waals surface area contributed by atoms with Gasteiger partial charge in [0.2, 0.25) is 11.8 Å². The summed E-state index contributed by atoms with van der Waals surface area (Å²) in [5, 5.41) is 11.6. The van der Waals surface area contributed by atoms with Crippen LogP contribution >= 0.6 is 11.8 Å². The van der Waals surface area contributed by atoms with Crippen molar-refractivity contribution in [1.29, 1.82) is 0 Å². The molecule has 2 amide bonds. The van der Waals surface area contributed by atoms with Gasteiger partial charge in [-0.25, -0.2) is 4.79 Å². The molecule has 116 valence electrons. The Kier molecular flexibility index (Phi) is 4.81. The zero-order valence-electron chi connectivity index (χ0n) is 12.1. The summed E-state index contributed by atoms with van der Waals surface area (Å²) >= 11 is 1.26. The molecule has 0 spiro atoms. The predicted molar refractivity (Wildman–Crippen MR) is 84.2 cm³/mol. The minimum absolute atomic E-state index is 0.0353. The molecule has 1 aliphatic heterocycles. The summed E-state index contributed by atoms with van der Waals surface area (Å²) in [6.45, 7) is 0. The van der Waals surface area contributed by atoms with E-state index in [-0.39, 0.29) is 23.8 Å². The molecule has 1 aromatic carbocycles. The second kappa shape index (κ2) is 6.61. The molecule has 0 bridgehead atoms. The molecule has 1 fully saturated rings. The Morgan fingerprint density at radius 3 is 2.50 bits per heavy atom. The lowest BCUT2D eigenvalue weighted by Crippen LogP contribution is -2.30. The van der Waals surface area contributed by atoms with Crippen LogP contribution in [0.15, 0.2) is 29.3 Å². The topological polar surface area (TPSA) is 99.1 Å². The molecule has 0 saturated carbocycles. The molecule has 8 heteroatoms. The van der Waals surface area contributed by atoms with E-state index in [1.807, 2.05) is 0 Å². The SMILES string of the molecule is CN=C1SC(CC(=O)Nc2ccc(C(=O)O)cc2)C(=O)N1C. The Bertz CT molecular complexity index is 642. The number of aliphatic imine (C=N–C) groups is 1. The summed E-state index contributed by atoms with van der Waals surface area (Å²) in [5.74, 6) is -1.48.